The number of halogens is 5. The molecule has 120 valence electrons. The molecule has 0 spiro atoms. The van der Waals surface area contributed by atoms with Crippen molar-refractivity contribution in [1.29, 1.82) is 0 Å². The third-order valence-corrected chi connectivity index (χ3v) is 4.91. The van der Waals surface area contributed by atoms with E-state index in [1.165, 1.54) is 6.07 Å². The van der Waals surface area contributed by atoms with E-state index in [2.05, 4.69) is 0 Å². The van der Waals surface area contributed by atoms with E-state index in [-0.39, 0.29) is 21.5 Å². The second-order valence-corrected chi connectivity index (χ2v) is 6.92. The smallest absolute Gasteiger partial charge is 0.326 e. The van der Waals surface area contributed by atoms with Crippen LogP contribution < -0.4 is 10.5 Å². The molecule has 0 aliphatic rings. The monoisotopic (exact) mass is 364 g/mol. The molecule has 0 aliphatic carbocycles. The molecule has 21 heavy (non-hydrogen) atoms. The fraction of sp³-hybridized carbons (Fsp3) is 0.455. The average Bonchev–Trinajstić information content (AvgIpc) is 2.24. The van der Waals surface area contributed by atoms with E-state index in [0.29, 0.717) is 5.56 Å². The Morgan fingerprint density at radius 2 is 1.86 bits per heavy atom. The number of benzene rings is 1. The van der Waals surface area contributed by atoms with Crippen molar-refractivity contribution in [2.45, 2.75) is 37.0 Å². The molecule has 4 nitrogen and oxygen atoms in total. The van der Waals surface area contributed by atoms with Gasteiger partial charge in [0.15, 0.2) is 0 Å². The molecule has 0 bridgehead atoms. The number of hydrogen-bond acceptors (Lipinski definition) is 3. The summed E-state index contributed by atoms with van der Waals surface area (Å²) in [4.78, 5) is -0.358. The van der Waals surface area contributed by atoms with Crippen LogP contribution in [-0.2, 0) is 16.6 Å². The fourth-order valence-electron chi connectivity index (χ4n) is 1.65. The molecule has 1 aromatic carbocycles. The summed E-state index contributed by atoms with van der Waals surface area (Å²) in [5, 5.41) is -0.00583. The largest absolute Gasteiger partial charge is 0.390 e. The van der Waals surface area contributed by atoms with Crippen LogP contribution in [0, 0.1) is 0 Å². The lowest BCUT2D eigenvalue weighted by molar-refractivity contribution is -0.137. The summed E-state index contributed by atoms with van der Waals surface area (Å²) in [7, 11) is -4.21. The first-order chi connectivity index (χ1) is 9.46. The second-order valence-electron chi connectivity index (χ2n) is 4.42. The minimum absolute atomic E-state index is 0.0311. The van der Waals surface area contributed by atoms with Gasteiger partial charge in [-0.3, -0.25) is 0 Å². The molecule has 0 aliphatic heterocycles. The molecule has 1 aromatic rings. The minimum atomic E-state index is -4.48. The van der Waals surface area contributed by atoms with E-state index in [1.54, 1.807) is 0 Å². The van der Waals surface area contributed by atoms with Gasteiger partial charge in [-0.1, -0.05) is 23.2 Å². The van der Waals surface area contributed by atoms with E-state index in [9.17, 15) is 21.6 Å². The second kappa shape index (κ2) is 6.70. The molecule has 1 unspecified atom stereocenters. The first-order valence-corrected chi connectivity index (χ1v) is 7.97. The Hall–Kier alpha value is -0.540. The van der Waals surface area contributed by atoms with Crippen LogP contribution in [0.15, 0.2) is 17.0 Å². The van der Waals surface area contributed by atoms with E-state index >= 15 is 0 Å². The number of nitrogens with two attached hydrogens (primary N) is 1. The summed E-state index contributed by atoms with van der Waals surface area (Å²) in [6, 6.07) is 1.00. The quantitative estimate of drug-likeness (QED) is 0.843. The van der Waals surface area contributed by atoms with Gasteiger partial charge in [0, 0.05) is 17.6 Å². The molecule has 10 heteroatoms. The molecular formula is C11H13Cl2F3N2O2S. The molecule has 0 fully saturated rings. The van der Waals surface area contributed by atoms with Crippen molar-refractivity contribution >= 4 is 33.2 Å². The molecule has 0 heterocycles. The zero-order valence-electron chi connectivity index (χ0n) is 10.8. The van der Waals surface area contributed by atoms with E-state index in [0.717, 1.165) is 13.0 Å². The number of nitrogens with one attached hydrogen (secondary N) is 1. The Bertz CT molecular complexity index is 621. The molecule has 1 atom stereocenters. The number of hydrogen-bond donors (Lipinski definition) is 2. The van der Waals surface area contributed by atoms with Crippen molar-refractivity contribution in [2.24, 2.45) is 5.73 Å². The lowest BCUT2D eigenvalue weighted by Gasteiger charge is -2.17. The maximum atomic E-state index is 12.2. The Kier molecular flexibility index (Phi) is 5.91. The van der Waals surface area contributed by atoms with E-state index in [1.807, 2.05) is 4.72 Å². The van der Waals surface area contributed by atoms with Gasteiger partial charge in [-0.05, 0) is 24.6 Å². The van der Waals surface area contributed by atoms with Gasteiger partial charge >= 0.3 is 6.18 Å². The van der Waals surface area contributed by atoms with Crippen LogP contribution in [0.1, 0.15) is 18.9 Å². The number of sulfonamides is 1. The maximum absolute atomic E-state index is 12.2. The van der Waals surface area contributed by atoms with Crippen LogP contribution in [0.3, 0.4) is 0 Å². The van der Waals surface area contributed by atoms with Gasteiger partial charge in [0.05, 0.1) is 11.4 Å². The van der Waals surface area contributed by atoms with Gasteiger partial charge in [-0.25, -0.2) is 13.1 Å². The first-order valence-electron chi connectivity index (χ1n) is 5.73. The van der Waals surface area contributed by atoms with Crippen molar-refractivity contribution in [1.82, 2.24) is 4.72 Å². The van der Waals surface area contributed by atoms with Crippen LogP contribution in [0.2, 0.25) is 10.0 Å². The van der Waals surface area contributed by atoms with Gasteiger partial charge in [0.25, 0.3) is 0 Å². The van der Waals surface area contributed by atoms with E-state index < -0.39 is 28.7 Å². The van der Waals surface area contributed by atoms with E-state index in [4.69, 9.17) is 28.9 Å². The summed E-state index contributed by atoms with van der Waals surface area (Å²) in [6.07, 6.45) is -5.77. The SMILES string of the molecule is CC(CC(F)(F)F)NS(=O)(=O)c1cc(CN)c(Cl)cc1Cl. The predicted molar refractivity (Wildman–Crippen MR) is 74.8 cm³/mol. The molecule has 0 saturated heterocycles. The highest BCUT2D eigenvalue weighted by Gasteiger charge is 2.32. The van der Waals surface area contributed by atoms with Gasteiger partial charge in [-0.2, -0.15) is 13.2 Å². The zero-order valence-corrected chi connectivity index (χ0v) is 13.2. The highest BCUT2D eigenvalue weighted by Crippen LogP contribution is 2.29. The number of rotatable bonds is 5. The highest BCUT2D eigenvalue weighted by molar-refractivity contribution is 7.89. The highest BCUT2D eigenvalue weighted by atomic mass is 35.5. The topological polar surface area (TPSA) is 72.2 Å². The Labute approximate surface area is 130 Å². The summed E-state index contributed by atoms with van der Waals surface area (Å²) in [5.74, 6) is 0. The first kappa shape index (κ1) is 18.5. The lowest BCUT2D eigenvalue weighted by atomic mass is 10.2. The molecule has 3 N–H and O–H groups in total. The van der Waals surface area contributed by atoms with Crippen LogP contribution in [0.5, 0.6) is 0 Å². The van der Waals surface area contributed by atoms with Crippen LogP contribution in [-0.4, -0.2) is 20.6 Å². The van der Waals surface area contributed by atoms with Crippen molar-refractivity contribution in [2.75, 3.05) is 0 Å². The maximum Gasteiger partial charge on any atom is 0.390 e. The molecule has 0 amide bonds. The standard InChI is InChI=1S/C11H13Cl2F3N2O2S/c1-6(4-11(14,15)16)18-21(19,20)10-2-7(5-17)8(12)3-9(10)13/h2-3,6,18H,4-5,17H2,1H3. The molecule has 0 radical (unpaired) electrons. The summed E-state index contributed by atoms with van der Waals surface area (Å²) >= 11 is 11.6. The summed E-state index contributed by atoms with van der Waals surface area (Å²) < 4.78 is 62.8. The van der Waals surface area contributed by atoms with Gasteiger partial charge in [-0.15, -0.1) is 0 Å². The molecule has 1 rings (SSSR count). The average molecular weight is 365 g/mol. The normalized spacial score (nSPS) is 14.2. The Balaban J connectivity index is 3.08. The molecule has 0 saturated carbocycles. The minimum Gasteiger partial charge on any atom is -0.326 e. The Morgan fingerprint density at radius 3 is 2.33 bits per heavy atom. The predicted octanol–water partition coefficient (Wildman–Crippen LogP) is 3.07. The van der Waals surface area contributed by atoms with Crippen LogP contribution >= 0.6 is 23.2 Å². The van der Waals surface area contributed by atoms with Crippen molar-refractivity contribution in [3.63, 3.8) is 0 Å². The Morgan fingerprint density at radius 1 is 1.29 bits per heavy atom. The third kappa shape index (κ3) is 5.30. The van der Waals surface area contributed by atoms with Crippen LogP contribution in [0.4, 0.5) is 13.2 Å². The van der Waals surface area contributed by atoms with Crippen molar-refractivity contribution < 1.29 is 21.6 Å². The lowest BCUT2D eigenvalue weighted by Crippen LogP contribution is -2.36. The third-order valence-electron chi connectivity index (χ3n) is 2.50. The van der Waals surface area contributed by atoms with Crippen molar-refractivity contribution in [3.8, 4) is 0 Å². The summed E-state index contributed by atoms with van der Waals surface area (Å²) in [5.41, 5.74) is 5.73. The molecular weight excluding hydrogens is 352 g/mol. The fourth-order valence-corrected chi connectivity index (χ4v) is 3.77. The number of alkyl halides is 3. The molecule has 0 aromatic heterocycles. The van der Waals surface area contributed by atoms with Gasteiger partial charge in [0.1, 0.15) is 4.90 Å². The van der Waals surface area contributed by atoms with Gasteiger partial charge < -0.3 is 5.73 Å². The van der Waals surface area contributed by atoms with Crippen LogP contribution in [0.25, 0.3) is 0 Å². The summed E-state index contributed by atoms with van der Waals surface area (Å²) in [6.45, 7) is 1.08. The zero-order chi connectivity index (χ0) is 16.4. The van der Waals surface area contributed by atoms with Gasteiger partial charge in [0.2, 0.25) is 10.0 Å². The van der Waals surface area contributed by atoms with Crippen molar-refractivity contribution in [3.05, 3.63) is 27.7 Å².